The molecule has 1 saturated heterocycles. The van der Waals surface area contributed by atoms with Gasteiger partial charge in [0.25, 0.3) is 5.91 Å². The maximum absolute atomic E-state index is 13.1. The largest absolute Gasteiger partial charge is 0.391 e. The van der Waals surface area contributed by atoms with E-state index in [1.165, 1.54) is 0 Å². The lowest BCUT2D eigenvalue weighted by Crippen LogP contribution is -2.31. The average Bonchev–Trinajstić information content (AvgIpc) is 3.14. The van der Waals surface area contributed by atoms with Gasteiger partial charge in [-0.1, -0.05) is 0 Å². The summed E-state index contributed by atoms with van der Waals surface area (Å²) in [4.78, 5) is 27.6. The van der Waals surface area contributed by atoms with Gasteiger partial charge in [0.1, 0.15) is 11.3 Å². The Morgan fingerprint density at radius 3 is 2.92 bits per heavy atom. The first-order valence-electron chi connectivity index (χ1n) is 8.70. The Morgan fingerprint density at radius 1 is 1.31 bits per heavy atom. The van der Waals surface area contributed by atoms with Crippen LogP contribution in [0.25, 0.3) is 5.65 Å². The highest BCUT2D eigenvalue weighted by Gasteiger charge is 2.36. The van der Waals surface area contributed by atoms with E-state index in [-0.39, 0.29) is 11.8 Å². The predicted octanol–water partition coefficient (Wildman–Crippen LogP) is 1.42. The van der Waals surface area contributed by atoms with Gasteiger partial charge in [0.2, 0.25) is 0 Å². The molecule has 3 aromatic rings. The van der Waals surface area contributed by atoms with Crippen molar-refractivity contribution in [3.8, 4) is 0 Å². The molecule has 26 heavy (non-hydrogen) atoms. The molecule has 0 bridgehead atoms. The quantitative estimate of drug-likeness (QED) is 0.771. The maximum Gasteiger partial charge on any atom is 0.272 e. The van der Waals surface area contributed by atoms with Crippen LogP contribution in [0.3, 0.4) is 0 Å². The minimum atomic E-state index is -0.567. The van der Waals surface area contributed by atoms with E-state index in [2.05, 4.69) is 15.0 Å². The Bertz CT molecular complexity index is 953. The zero-order valence-corrected chi connectivity index (χ0v) is 14.8. The third kappa shape index (κ3) is 2.94. The molecule has 134 valence electrons. The van der Waals surface area contributed by atoms with Crippen LogP contribution in [0, 0.1) is 19.8 Å². The summed E-state index contributed by atoms with van der Waals surface area (Å²) in [6.45, 7) is 4.66. The molecule has 0 unspecified atom stereocenters. The van der Waals surface area contributed by atoms with E-state index in [9.17, 15) is 9.90 Å². The van der Waals surface area contributed by atoms with Gasteiger partial charge in [-0.15, -0.1) is 0 Å². The molecule has 4 rings (SSSR count). The molecule has 1 aliphatic heterocycles. The predicted molar refractivity (Wildman–Crippen MR) is 95.8 cm³/mol. The summed E-state index contributed by atoms with van der Waals surface area (Å²) in [5.41, 5.74) is 3.95. The Hall–Kier alpha value is -2.80. The third-order valence-electron chi connectivity index (χ3n) is 4.94. The molecule has 0 aliphatic carbocycles. The maximum atomic E-state index is 13.1. The van der Waals surface area contributed by atoms with Crippen molar-refractivity contribution in [1.82, 2.24) is 24.3 Å². The van der Waals surface area contributed by atoms with Crippen LogP contribution < -0.4 is 0 Å². The molecular weight excluding hydrogens is 330 g/mol. The first-order valence-corrected chi connectivity index (χ1v) is 8.70. The number of hydrogen-bond acceptors (Lipinski definition) is 5. The number of fused-ring (bicyclic) bond motifs is 1. The van der Waals surface area contributed by atoms with Crippen molar-refractivity contribution < 1.29 is 9.90 Å². The number of β-amino-alcohol motifs (C(OH)–C–C–N with tert-alkyl or cyclic N) is 1. The van der Waals surface area contributed by atoms with E-state index >= 15 is 0 Å². The molecule has 2 atom stereocenters. The molecule has 1 amide bonds. The Balaban J connectivity index is 1.57. The highest BCUT2D eigenvalue weighted by Crippen LogP contribution is 2.24. The van der Waals surface area contributed by atoms with Gasteiger partial charge >= 0.3 is 0 Å². The molecule has 1 aliphatic rings. The topological polar surface area (TPSA) is 83.6 Å². The molecule has 1 N–H and O–H groups in total. The van der Waals surface area contributed by atoms with Gasteiger partial charge in [-0.25, -0.2) is 4.98 Å². The number of carbonyl (C=O) groups excluding carboxylic acids is 1. The summed E-state index contributed by atoms with van der Waals surface area (Å²) < 4.78 is 1.83. The zero-order valence-electron chi connectivity index (χ0n) is 14.8. The molecule has 7 heteroatoms. The molecule has 0 radical (unpaired) electrons. The van der Waals surface area contributed by atoms with Gasteiger partial charge in [0, 0.05) is 43.8 Å². The number of imidazole rings is 1. The van der Waals surface area contributed by atoms with Crippen LogP contribution in [0.4, 0.5) is 0 Å². The standard InChI is InChI=1S/C19H21N5O2/c1-12-3-6-24-17(7-12)22-13(2)18(24)19(26)23-10-14(16(25)11-23)8-15-9-20-4-5-21-15/h3-7,9,14,16,25H,8,10-11H2,1-2H3/t14-,16-/m1/s1. The summed E-state index contributed by atoms with van der Waals surface area (Å²) >= 11 is 0. The molecule has 0 aromatic carbocycles. The third-order valence-corrected chi connectivity index (χ3v) is 4.94. The number of hydrogen-bond donors (Lipinski definition) is 1. The van der Waals surface area contributed by atoms with Gasteiger partial charge in [-0.3, -0.25) is 19.2 Å². The highest BCUT2D eigenvalue weighted by atomic mass is 16.3. The van der Waals surface area contributed by atoms with Gasteiger partial charge in [-0.05, 0) is 38.0 Å². The van der Waals surface area contributed by atoms with Crippen LogP contribution in [-0.2, 0) is 6.42 Å². The van der Waals surface area contributed by atoms with Gasteiger partial charge in [0.05, 0.1) is 17.5 Å². The molecule has 7 nitrogen and oxygen atoms in total. The van der Waals surface area contributed by atoms with Gasteiger partial charge in [-0.2, -0.15) is 0 Å². The van der Waals surface area contributed by atoms with Crippen LogP contribution in [0.1, 0.15) is 27.4 Å². The highest BCUT2D eigenvalue weighted by molar-refractivity contribution is 5.95. The monoisotopic (exact) mass is 351 g/mol. The number of amides is 1. The van der Waals surface area contributed by atoms with E-state index in [1.54, 1.807) is 23.5 Å². The Morgan fingerprint density at radius 2 is 2.15 bits per heavy atom. The van der Waals surface area contributed by atoms with Crippen LogP contribution in [0.2, 0.25) is 0 Å². The SMILES string of the molecule is Cc1ccn2c(C(=O)N3C[C@@H](Cc4cnccn4)[C@H](O)C3)c(C)nc2c1. The van der Waals surface area contributed by atoms with Crippen LogP contribution in [0.15, 0.2) is 36.9 Å². The first-order chi connectivity index (χ1) is 12.5. The molecule has 1 fully saturated rings. The molecule has 4 heterocycles. The second-order valence-corrected chi connectivity index (χ2v) is 6.92. The number of likely N-dealkylation sites (tertiary alicyclic amines) is 1. The molecule has 0 spiro atoms. The number of nitrogens with zero attached hydrogens (tertiary/aromatic N) is 5. The van der Waals surface area contributed by atoms with E-state index in [4.69, 9.17) is 0 Å². The lowest BCUT2D eigenvalue weighted by molar-refractivity contribution is 0.0757. The second-order valence-electron chi connectivity index (χ2n) is 6.92. The second kappa shape index (κ2) is 6.49. The van der Waals surface area contributed by atoms with Crippen molar-refractivity contribution in [1.29, 1.82) is 0 Å². The average molecular weight is 351 g/mol. The summed E-state index contributed by atoms with van der Waals surface area (Å²) in [7, 11) is 0. The van der Waals surface area contributed by atoms with E-state index in [0.29, 0.717) is 30.9 Å². The fourth-order valence-electron chi connectivity index (χ4n) is 3.60. The van der Waals surface area contributed by atoms with E-state index < -0.39 is 6.10 Å². The van der Waals surface area contributed by atoms with Crippen molar-refractivity contribution in [3.63, 3.8) is 0 Å². The zero-order chi connectivity index (χ0) is 18.3. The van der Waals surface area contributed by atoms with Crippen LogP contribution in [-0.4, -0.2) is 54.5 Å². The first kappa shape index (κ1) is 16.7. The van der Waals surface area contributed by atoms with Gasteiger partial charge in [0.15, 0.2) is 0 Å². The summed E-state index contributed by atoms with van der Waals surface area (Å²) in [6, 6.07) is 3.92. The van der Waals surface area contributed by atoms with Crippen molar-refractivity contribution in [2.45, 2.75) is 26.4 Å². The number of aliphatic hydroxyl groups is 1. The number of aryl methyl sites for hydroxylation is 2. The van der Waals surface area contributed by atoms with Crippen molar-refractivity contribution in [2.24, 2.45) is 5.92 Å². The van der Waals surface area contributed by atoms with Crippen molar-refractivity contribution in [2.75, 3.05) is 13.1 Å². The van der Waals surface area contributed by atoms with Crippen molar-refractivity contribution >= 4 is 11.6 Å². The van der Waals surface area contributed by atoms with Crippen LogP contribution in [0.5, 0.6) is 0 Å². The minimum absolute atomic E-state index is 0.0441. The lowest BCUT2D eigenvalue weighted by atomic mass is 10.0. The molecular formula is C19H21N5O2. The fraction of sp³-hybridized carbons (Fsp3) is 0.368. The molecule has 3 aromatic heterocycles. The minimum Gasteiger partial charge on any atom is -0.391 e. The number of aliphatic hydroxyl groups excluding tert-OH is 1. The number of carbonyl (C=O) groups is 1. The van der Waals surface area contributed by atoms with E-state index in [1.807, 2.05) is 36.6 Å². The number of pyridine rings is 1. The van der Waals surface area contributed by atoms with Crippen molar-refractivity contribution in [3.05, 3.63) is 59.6 Å². The van der Waals surface area contributed by atoms with Crippen LogP contribution >= 0.6 is 0 Å². The van der Waals surface area contributed by atoms with E-state index in [0.717, 1.165) is 16.9 Å². The lowest BCUT2D eigenvalue weighted by Gasteiger charge is -2.16. The Labute approximate surface area is 151 Å². The number of aromatic nitrogens is 4. The van der Waals surface area contributed by atoms with Gasteiger partial charge < -0.3 is 10.0 Å². The summed E-state index contributed by atoms with van der Waals surface area (Å²) in [5, 5.41) is 10.4. The fourth-order valence-corrected chi connectivity index (χ4v) is 3.60. The number of rotatable bonds is 3. The normalized spacial score (nSPS) is 20.0. The summed E-state index contributed by atoms with van der Waals surface area (Å²) in [6.07, 6.45) is 6.88. The molecule has 0 saturated carbocycles. The Kier molecular flexibility index (Phi) is 4.16. The smallest absolute Gasteiger partial charge is 0.272 e. The summed E-state index contributed by atoms with van der Waals surface area (Å²) in [5.74, 6) is -0.142.